The van der Waals surface area contributed by atoms with Gasteiger partial charge < -0.3 is 5.32 Å². The molecule has 1 atom stereocenters. The zero-order chi connectivity index (χ0) is 21.6. The number of nitrogens with zero attached hydrogens (tertiary/aromatic N) is 1. The lowest BCUT2D eigenvalue weighted by Crippen LogP contribution is -2.33. The number of rotatable bonds is 9. The third-order valence-corrected chi connectivity index (χ3v) is 6.41. The molecule has 0 spiro atoms. The molecule has 5 nitrogen and oxygen atoms in total. The van der Waals surface area contributed by atoms with Gasteiger partial charge in [0.2, 0.25) is 15.9 Å². The number of benzene rings is 2. The van der Waals surface area contributed by atoms with Crippen molar-refractivity contribution < 1.29 is 13.2 Å². The van der Waals surface area contributed by atoms with E-state index < -0.39 is 10.0 Å². The van der Waals surface area contributed by atoms with Gasteiger partial charge in [-0.1, -0.05) is 43.3 Å². The molecule has 0 radical (unpaired) electrons. The second kappa shape index (κ2) is 9.92. The van der Waals surface area contributed by atoms with Crippen LogP contribution in [0.15, 0.2) is 42.5 Å². The molecule has 0 aliphatic heterocycles. The smallest absolute Gasteiger partial charge is 0.232 e. The van der Waals surface area contributed by atoms with E-state index in [1.165, 1.54) is 21.7 Å². The van der Waals surface area contributed by atoms with Gasteiger partial charge in [-0.15, -0.1) is 0 Å². The minimum Gasteiger partial charge on any atom is -0.349 e. The number of hydrogen-bond acceptors (Lipinski definition) is 3. The Morgan fingerprint density at radius 2 is 1.72 bits per heavy atom. The predicted molar refractivity (Wildman–Crippen MR) is 120 cm³/mol. The van der Waals surface area contributed by atoms with Crippen molar-refractivity contribution >= 4 is 21.6 Å². The molecule has 29 heavy (non-hydrogen) atoms. The van der Waals surface area contributed by atoms with Crippen LogP contribution in [0.3, 0.4) is 0 Å². The summed E-state index contributed by atoms with van der Waals surface area (Å²) in [6.07, 6.45) is 2.73. The van der Waals surface area contributed by atoms with Crippen molar-refractivity contribution in [3.05, 3.63) is 64.7 Å². The summed E-state index contributed by atoms with van der Waals surface area (Å²) in [6.45, 7) is 8.34. The number of hydrogen-bond donors (Lipinski definition) is 1. The topological polar surface area (TPSA) is 66.5 Å². The van der Waals surface area contributed by atoms with Crippen molar-refractivity contribution in [3.63, 3.8) is 0 Å². The summed E-state index contributed by atoms with van der Waals surface area (Å²) >= 11 is 0. The first-order valence-corrected chi connectivity index (χ1v) is 11.9. The average molecular weight is 417 g/mol. The summed E-state index contributed by atoms with van der Waals surface area (Å²) in [4.78, 5) is 12.5. The van der Waals surface area contributed by atoms with E-state index in [2.05, 4.69) is 37.4 Å². The van der Waals surface area contributed by atoms with Crippen LogP contribution < -0.4 is 9.62 Å². The summed E-state index contributed by atoms with van der Waals surface area (Å²) < 4.78 is 25.9. The predicted octanol–water partition coefficient (Wildman–Crippen LogP) is 4.43. The minimum atomic E-state index is -3.42. The first-order valence-electron chi connectivity index (χ1n) is 10.0. The Bertz CT molecular complexity index is 954. The van der Waals surface area contributed by atoms with E-state index in [4.69, 9.17) is 0 Å². The second-order valence-electron chi connectivity index (χ2n) is 7.60. The van der Waals surface area contributed by atoms with E-state index in [0.29, 0.717) is 12.1 Å². The molecule has 0 heterocycles. The number of carbonyl (C=O) groups excluding carboxylic acids is 1. The third-order valence-electron chi connectivity index (χ3n) is 5.23. The van der Waals surface area contributed by atoms with Crippen LogP contribution in [0.25, 0.3) is 0 Å². The minimum absolute atomic E-state index is 0.0378. The maximum atomic E-state index is 12.5. The summed E-state index contributed by atoms with van der Waals surface area (Å²) in [6, 6.07) is 13.6. The van der Waals surface area contributed by atoms with Crippen LogP contribution in [0, 0.1) is 20.8 Å². The molecule has 2 aromatic rings. The molecule has 0 aromatic heterocycles. The maximum Gasteiger partial charge on any atom is 0.232 e. The number of nitrogens with one attached hydrogen (secondary N) is 1. The number of anilines is 1. The molecule has 0 unspecified atom stereocenters. The van der Waals surface area contributed by atoms with Crippen molar-refractivity contribution in [3.8, 4) is 0 Å². The largest absolute Gasteiger partial charge is 0.349 e. The molecule has 1 amide bonds. The number of para-hydroxylation sites is 1. The highest BCUT2D eigenvalue weighted by Gasteiger charge is 2.19. The maximum absolute atomic E-state index is 12.5. The molecule has 0 fully saturated rings. The molecule has 0 bridgehead atoms. The standard InChI is InChI=1S/C23H32N2O3S/c1-6-21(20-14-13-17(2)19(4)16-20)24-23(26)12-9-15-25(29(5,27)28)22-11-8-7-10-18(22)3/h7-8,10-11,13-14,16,21H,6,9,12,15H2,1-5H3,(H,24,26)/t21-/m0/s1. The molecule has 0 aliphatic rings. The molecule has 1 N–H and O–H groups in total. The molecular weight excluding hydrogens is 384 g/mol. The Balaban J connectivity index is 1.99. The monoisotopic (exact) mass is 416 g/mol. The highest BCUT2D eigenvalue weighted by atomic mass is 32.2. The molecule has 0 saturated carbocycles. The van der Waals surface area contributed by atoms with Gasteiger partial charge in [0.1, 0.15) is 0 Å². The van der Waals surface area contributed by atoms with Crippen molar-refractivity contribution in [1.82, 2.24) is 5.32 Å². The van der Waals surface area contributed by atoms with Crippen molar-refractivity contribution in [2.45, 2.75) is 53.0 Å². The first kappa shape index (κ1) is 22.9. The van der Waals surface area contributed by atoms with Gasteiger partial charge in [-0.2, -0.15) is 0 Å². The quantitative estimate of drug-likeness (QED) is 0.658. The van der Waals surface area contributed by atoms with E-state index in [0.717, 1.165) is 17.5 Å². The zero-order valence-electron chi connectivity index (χ0n) is 18.0. The van der Waals surface area contributed by atoms with E-state index >= 15 is 0 Å². The molecule has 158 valence electrons. The lowest BCUT2D eigenvalue weighted by atomic mass is 9.99. The first-order chi connectivity index (χ1) is 13.6. The molecule has 0 aliphatic carbocycles. The van der Waals surface area contributed by atoms with Crippen LogP contribution in [0.4, 0.5) is 5.69 Å². The van der Waals surface area contributed by atoms with Crippen molar-refractivity contribution in [1.29, 1.82) is 0 Å². The lowest BCUT2D eigenvalue weighted by Gasteiger charge is -2.24. The van der Waals surface area contributed by atoms with Crippen LogP contribution in [0.1, 0.15) is 54.5 Å². The van der Waals surface area contributed by atoms with Gasteiger partial charge >= 0.3 is 0 Å². The number of sulfonamides is 1. The zero-order valence-corrected chi connectivity index (χ0v) is 18.8. The van der Waals surface area contributed by atoms with Crippen LogP contribution in [-0.2, 0) is 14.8 Å². The van der Waals surface area contributed by atoms with Crippen LogP contribution in [-0.4, -0.2) is 27.1 Å². The van der Waals surface area contributed by atoms with E-state index in [-0.39, 0.29) is 24.9 Å². The highest BCUT2D eigenvalue weighted by molar-refractivity contribution is 7.92. The summed E-state index contributed by atoms with van der Waals surface area (Å²) in [7, 11) is -3.42. The highest BCUT2D eigenvalue weighted by Crippen LogP contribution is 2.23. The molecule has 0 saturated heterocycles. The van der Waals surface area contributed by atoms with E-state index in [1.807, 2.05) is 32.0 Å². The molecule has 2 rings (SSSR count). The van der Waals surface area contributed by atoms with Crippen molar-refractivity contribution in [2.24, 2.45) is 0 Å². The number of carbonyl (C=O) groups is 1. The van der Waals surface area contributed by atoms with Gasteiger partial charge in [-0.3, -0.25) is 9.10 Å². The van der Waals surface area contributed by atoms with Gasteiger partial charge in [0.15, 0.2) is 0 Å². The fraction of sp³-hybridized carbons (Fsp3) is 0.435. The third kappa shape index (κ3) is 6.32. The fourth-order valence-corrected chi connectivity index (χ4v) is 4.38. The van der Waals surface area contributed by atoms with Crippen LogP contribution >= 0.6 is 0 Å². The summed E-state index contributed by atoms with van der Waals surface area (Å²) in [5.74, 6) is -0.0617. The number of aryl methyl sites for hydroxylation is 3. The van der Waals surface area contributed by atoms with Crippen LogP contribution in [0.2, 0.25) is 0 Å². The normalized spacial score (nSPS) is 12.4. The van der Waals surface area contributed by atoms with Crippen molar-refractivity contribution in [2.75, 3.05) is 17.1 Å². The van der Waals surface area contributed by atoms with E-state index in [1.54, 1.807) is 6.07 Å². The average Bonchev–Trinajstić information content (AvgIpc) is 2.65. The Hall–Kier alpha value is -2.34. The Kier molecular flexibility index (Phi) is 7.85. The Labute approximate surface area is 175 Å². The van der Waals surface area contributed by atoms with Gasteiger partial charge in [-0.25, -0.2) is 8.42 Å². The summed E-state index contributed by atoms with van der Waals surface area (Å²) in [5.41, 5.74) is 5.09. The molecular formula is C23H32N2O3S. The lowest BCUT2D eigenvalue weighted by molar-refractivity contribution is -0.121. The van der Waals surface area contributed by atoms with E-state index in [9.17, 15) is 13.2 Å². The fourth-order valence-electron chi connectivity index (χ4n) is 3.36. The van der Waals surface area contributed by atoms with Gasteiger partial charge in [0.25, 0.3) is 0 Å². The molecule has 2 aromatic carbocycles. The van der Waals surface area contributed by atoms with Crippen LogP contribution in [0.5, 0.6) is 0 Å². The SMILES string of the molecule is CC[C@H](NC(=O)CCCN(c1ccccc1C)S(C)(=O)=O)c1ccc(C)c(C)c1. The Morgan fingerprint density at radius 1 is 1.03 bits per heavy atom. The molecule has 6 heteroatoms. The second-order valence-corrected chi connectivity index (χ2v) is 9.50. The summed E-state index contributed by atoms with van der Waals surface area (Å²) in [5, 5.41) is 3.09. The van der Waals surface area contributed by atoms with Gasteiger partial charge in [0, 0.05) is 13.0 Å². The number of amides is 1. The Morgan fingerprint density at radius 3 is 2.31 bits per heavy atom. The van der Waals surface area contributed by atoms with Gasteiger partial charge in [-0.05, 0) is 61.9 Å². The van der Waals surface area contributed by atoms with Gasteiger partial charge in [0.05, 0.1) is 18.0 Å².